The summed E-state index contributed by atoms with van der Waals surface area (Å²) in [4.78, 5) is 15.1. The fourth-order valence-electron chi connectivity index (χ4n) is 3.81. The second-order valence-electron chi connectivity index (χ2n) is 8.00. The quantitative estimate of drug-likeness (QED) is 0.626. The average Bonchev–Trinajstić information content (AvgIpc) is 3.34. The second-order valence-corrected chi connectivity index (χ2v) is 8.00. The highest BCUT2D eigenvalue weighted by molar-refractivity contribution is 5.97. The molecule has 28 heavy (non-hydrogen) atoms. The zero-order chi connectivity index (χ0) is 20.2. The van der Waals surface area contributed by atoms with Gasteiger partial charge in [-0.15, -0.1) is 0 Å². The average molecular weight is 385 g/mol. The number of rotatable bonds is 4. The van der Waals surface area contributed by atoms with Gasteiger partial charge in [-0.3, -0.25) is 14.6 Å². The van der Waals surface area contributed by atoms with Crippen molar-refractivity contribution in [2.24, 2.45) is 13.0 Å². The Hall–Kier alpha value is -2.81. The Labute approximate surface area is 162 Å². The molecular formula is C19H27N7O2. The van der Waals surface area contributed by atoms with Crippen molar-refractivity contribution in [2.75, 3.05) is 23.7 Å². The number of pyridine rings is 1. The first-order chi connectivity index (χ1) is 13.3. The molecule has 4 heterocycles. The van der Waals surface area contributed by atoms with E-state index in [1.165, 1.54) is 0 Å². The second kappa shape index (κ2) is 6.66. The van der Waals surface area contributed by atoms with E-state index in [2.05, 4.69) is 34.0 Å². The summed E-state index contributed by atoms with van der Waals surface area (Å²) < 4.78 is 3.53. The summed E-state index contributed by atoms with van der Waals surface area (Å²) in [5, 5.41) is 21.9. The highest BCUT2D eigenvalue weighted by Crippen LogP contribution is 2.31. The van der Waals surface area contributed by atoms with Crippen LogP contribution in [0.3, 0.4) is 0 Å². The van der Waals surface area contributed by atoms with E-state index in [0.717, 1.165) is 30.0 Å². The van der Waals surface area contributed by atoms with Gasteiger partial charge in [-0.2, -0.15) is 10.2 Å². The van der Waals surface area contributed by atoms with E-state index >= 15 is 0 Å². The summed E-state index contributed by atoms with van der Waals surface area (Å²) in [6, 6.07) is 1.99. The molecule has 9 nitrogen and oxygen atoms in total. The predicted molar refractivity (Wildman–Crippen MR) is 109 cm³/mol. The topological polar surface area (TPSA) is 118 Å². The van der Waals surface area contributed by atoms with Crippen LogP contribution in [0.5, 0.6) is 0 Å². The SMILES string of the molecule is CC(C)C(C)n1cc(-c2cc(N3CC[C@@H](O)C3)n(C)n2)c2[nH]nc(N)c2c1=O. The Balaban J connectivity index is 1.89. The number of fused-ring (bicyclic) bond motifs is 1. The van der Waals surface area contributed by atoms with Gasteiger partial charge in [0, 0.05) is 44.0 Å². The summed E-state index contributed by atoms with van der Waals surface area (Å²) in [5.41, 5.74) is 7.97. The maximum absolute atomic E-state index is 13.0. The summed E-state index contributed by atoms with van der Waals surface area (Å²) in [5.74, 6) is 1.41. The van der Waals surface area contributed by atoms with Crippen LogP contribution >= 0.6 is 0 Å². The smallest absolute Gasteiger partial charge is 0.264 e. The Kier molecular flexibility index (Phi) is 4.41. The van der Waals surface area contributed by atoms with Gasteiger partial charge >= 0.3 is 0 Å². The fourth-order valence-corrected chi connectivity index (χ4v) is 3.81. The molecule has 0 bridgehead atoms. The number of aryl methyl sites for hydroxylation is 1. The minimum atomic E-state index is -0.314. The van der Waals surface area contributed by atoms with E-state index in [1.54, 1.807) is 9.25 Å². The van der Waals surface area contributed by atoms with Crippen LogP contribution in [0.4, 0.5) is 11.6 Å². The molecule has 3 aromatic heterocycles. The Morgan fingerprint density at radius 1 is 1.36 bits per heavy atom. The Morgan fingerprint density at radius 3 is 2.75 bits per heavy atom. The number of hydrogen-bond acceptors (Lipinski definition) is 6. The molecule has 0 radical (unpaired) electrons. The molecule has 4 N–H and O–H groups in total. The zero-order valence-electron chi connectivity index (χ0n) is 16.7. The molecule has 9 heteroatoms. The van der Waals surface area contributed by atoms with Crippen molar-refractivity contribution in [3.63, 3.8) is 0 Å². The van der Waals surface area contributed by atoms with Crippen LogP contribution in [0.25, 0.3) is 22.2 Å². The largest absolute Gasteiger partial charge is 0.391 e. The van der Waals surface area contributed by atoms with Gasteiger partial charge in [-0.25, -0.2) is 0 Å². The van der Waals surface area contributed by atoms with Crippen LogP contribution in [-0.4, -0.2) is 48.8 Å². The van der Waals surface area contributed by atoms with E-state index in [9.17, 15) is 9.90 Å². The molecule has 1 aliphatic heterocycles. The normalized spacial score (nSPS) is 18.5. The van der Waals surface area contributed by atoms with E-state index < -0.39 is 0 Å². The van der Waals surface area contributed by atoms with Crippen molar-refractivity contribution in [1.82, 2.24) is 24.5 Å². The molecule has 4 rings (SSSR count). The van der Waals surface area contributed by atoms with Gasteiger partial charge in [0.1, 0.15) is 11.2 Å². The molecule has 2 atom stereocenters. The first-order valence-corrected chi connectivity index (χ1v) is 9.64. The first-order valence-electron chi connectivity index (χ1n) is 9.64. The number of β-amino-alcohol motifs (C(OH)–C–C–N with tert-alkyl or cyclic N) is 1. The van der Waals surface area contributed by atoms with E-state index in [4.69, 9.17) is 5.73 Å². The van der Waals surface area contributed by atoms with Gasteiger partial charge in [0.15, 0.2) is 5.82 Å². The number of aromatic nitrogens is 5. The number of nitrogen functional groups attached to an aromatic ring is 1. The lowest BCUT2D eigenvalue weighted by Crippen LogP contribution is -2.26. The molecule has 150 valence electrons. The molecule has 1 unspecified atom stereocenters. The summed E-state index contributed by atoms with van der Waals surface area (Å²) in [6.45, 7) is 7.56. The molecule has 1 aliphatic rings. The standard InChI is InChI=1S/C19H27N7O2/c1-10(2)11(3)26-9-13(17-16(19(26)28)18(20)22-21-17)14-7-15(24(4)23-14)25-6-5-12(27)8-25/h7,9-12,27H,5-6,8H2,1-4H3,(H3,20,21,22)/t11?,12-/m1/s1. The monoisotopic (exact) mass is 385 g/mol. The molecule has 0 amide bonds. The van der Waals surface area contributed by atoms with Crippen molar-refractivity contribution >= 4 is 22.5 Å². The summed E-state index contributed by atoms with van der Waals surface area (Å²) in [7, 11) is 1.88. The summed E-state index contributed by atoms with van der Waals surface area (Å²) in [6.07, 6.45) is 2.28. The molecule has 0 aliphatic carbocycles. The van der Waals surface area contributed by atoms with E-state index in [-0.39, 0.29) is 29.4 Å². The number of aliphatic hydroxyl groups excluding tert-OH is 1. The minimum absolute atomic E-state index is 0.00172. The van der Waals surface area contributed by atoms with Crippen LogP contribution in [0.2, 0.25) is 0 Å². The first kappa shape index (κ1) is 18.5. The summed E-state index contributed by atoms with van der Waals surface area (Å²) >= 11 is 0. The Morgan fingerprint density at radius 2 is 2.11 bits per heavy atom. The highest BCUT2D eigenvalue weighted by Gasteiger charge is 2.25. The number of nitrogens with zero attached hydrogens (tertiary/aromatic N) is 5. The maximum Gasteiger partial charge on any atom is 0.264 e. The van der Waals surface area contributed by atoms with Gasteiger partial charge in [0.25, 0.3) is 5.56 Å². The number of aliphatic hydroxyl groups is 1. The molecular weight excluding hydrogens is 358 g/mol. The molecule has 1 saturated heterocycles. The van der Waals surface area contributed by atoms with Crippen LogP contribution in [-0.2, 0) is 7.05 Å². The lowest BCUT2D eigenvalue weighted by Gasteiger charge is -2.20. The third-order valence-electron chi connectivity index (χ3n) is 5.80. The molecule has 0 aromatic carbocycles. The van der Waals surface area contributed by atoms with Gasteiger partial charge < -0.3 is 20.3 Å². The number of anilines is 2. The van der Waals surface area contributed by atoms with Crippen LogP contribution in [0.15, 0.2) is 17.1 Å². The highest BCUT2D eigenvalue weighted by atomic mass is 16.3. The number of nitrogens with one attached hydrogen (secondary N) is 1. The van der Waals surface area contributed by atoms with Crippen LogP contribution in [0.1, 0.15) is 33.2 Å². The van der Waals surface area contributed by atoms with Crippen LogP contribution in [0, 0.1) is 5.92 Å². The Bertz CT molecular complexity index is 1080. The number of aromatic amines is 1. The van der Waals surface area contributed by atoms with Gasteiger partial charge in [0.2, 0.25) is 0 Å². The third-order valence-corrected chi connectivity index (χ3v) is 5.80. The lowest BCUT2D eigenvalue weighted by molar-refractivity contribution is 0.198. The van der Waals surface area contributed by atoms with Crippen molar-refractivity contribution in [2.45, 2.75) is 39.3 Å². The molecule has 0 spiro atoms. The molecule has 0 saturated carbocycles. The fraction of sp³-hybridized carbons (Fsp3) is 0.526. The molecule has 1 fully saturated rings. The van der Waals surface area contributed by atoms with Crippen molar-refractivity contribution in [1.29, 1.82) is 0 Å². The zero-order valence-corrected chi connectivity index (χ0v) is 16.7. The van der Waals surface area contributed by atoms with Crippen molar-refractivity contribution < 1.29 is 5.11 Å². The molecule has 3 aromatic rings. The third kappa shape index (κ3) is 2.86. The van der Waals surface area contributed by atoms with Gasteiger partial charge in [0.05, 0.1) is 17.3 Å². The minimum Gasteiger partial charge on any atom is -0.391 e. The van der Waals surface area contributed by atoms with E-state index in [0.29, 0.717) is 17.4 Å². The number of H-pyrrole nitrogens is 1. The lowest BCUT2D eigenvalue weighted by atomic mass is 10.0. The van der Waals surface area contributed by atoms with Crippen LogP contribution < -0.4 is 16.2 Å². The maximum atomic E-state index is 13.0. The number of nitrogens with two attached hydrogens (primary N) is 1. The number of hydrogen-bond donors (Lipinski definition) is 3. The predicted octanol–water partition coefficient (Wildman–Crippen LogP) is 1.50. The van der Waals surface area contributed by atoms with Gasteiger partial charge in [-0.05, 0) is 19.3 Å². The van der Waals surface area contributed by atoms with Gasteiger partial charge in [-0.1, -0.05) is 13.8 Å². The van der Waals surface area contributed by atoms with Crippen molar-refractivity contribution in [3.05, 3.63) is 22.6 Å². The van der Waals surface area contributed by atoms with E-state index in [1.807, 2.05) is 26.2 Å². The van der Waals surface area contributed by atoms with Crippen molar-refractivity contribution in [3.8, 4) is 11.3 Å².